The number of nitrogens with zero attached hydrogens (tertiary/aromatic N) is 1. The van der Waals surface area contributed by atoms with Crippen molar-refractivity contribution in [3.63, 3.8) is 0 Å². The molecule has 0 amide bonds. The van der Waals surface area contributed by atoms with Gasteiger partial charge in [-0.2, -0.15) is 0 Å². The first-order valence-corrected chi connectivity index (χ1v) is 8.73. The van der Waals surface area contributed by atoms with Gasteiger partial charge in [-0.1, -0.05) is 28.9 Å². The van der Waals surface area contributed by atoms with Crippen molar-refractivity contribution in [2.24, 2.45) is 5.92 Å². The lowest BCUT2D eigenvalue weighted by molar-refractivity contribution is 0.0361. The molecule has 1 N–H and O–H groups in total. The lowest BCUT2D eigenvalue weighted by Crippen LogP contribution is -2.63. The van der Waals surface area contributed by atoms with Crippen LogP contribution in [-0.4, -0.2) is 29.6 Å². The monoisotopic (exact) mass is 354 g/mol. The highest BCUT2D eigenvalue weighted by molar-refractivity contribution is 9.10. The molecule has 1 aromatic carbocycles. The van der Waals surface area contributed by atoms with Gasteiger partial charge < -0.3 is 5.32 Å². The molecule has 2 atom stereocenters. The maximum atomic E-state index is 14.2. The molecule has 1 aliphatic carbocycles. The summed E-state index contributed by atoms with van der Waals surface area (Å²) in [4.78, 5) is 2.48. The summed E-state index contributed by atoms with van der Waals surface area (Å²) >= 11 is 3.33. The summed E-state index contributed by atoms with van der Waals surface area (Å²) in [6, 6.07) is 5.99. The van der Waals surface area contributed by atoms with E-state index < -0.39 is 0 Å². The molecule has 116 valence electrons. The van der Waals surface area contributed by atoms with E-state index in [1.165, 1.54) is 12.8 Å². The first kappa shape index (κ1) is 15.4. The van der Waals surface area contributed by atoms with Crippen LogP contribution < -0.4 is 5.32 Å². The lowest BCUT2D eigenvalue weighted by atomic mass is 9.90. The highest BCUT2D eigenvalue weighted by Crippen LogP contribution is 2.37. The van der Waals surface area contributed by atoms with Gasteiger partial charge in [0.15, 0.2) is 0 Å². The lowest BCUT2D eigenvalue weighted by Gasteiger charge is -2.48. The van der Waals surface area contributed by atoms with Gasteiger partial charge in [0.1, 0.15) is 5.82 Å². The predicted molar refractivity (Wildman–Crippen MR) is 87.7 cm³/mol. The first-order valence-electron chi connectivity index (χ1n) is 7.94. The molecule has 1 saturated heterocycles. The summed E-state index contributed by atoms with van der Waals surface area (Å²) in [7, 11) is 0. The van der Waals surface area contributed by atoms with Crippen LogP contribution in [0.25, 0.3) is 0 Å². The summed E-state index contributed by atoms with van der Waals surface area (Å²) in [5.74, 6) is 0.730. The van der Waals surface area contributed by atoms with E-state index in [2.05, 4.69) is 40.0 Å². The van der Waals surface area contributed by atoms with Crippen LogP contribution in [0.15, 0.2) is 22.7 Å². The van der Waals surface area contributed by atoms with Crippen molar-refractivity contribution in [1.29, 1.82) is 0 Å². The van der Waals surface area contributed by atoms with Gasteiger partial charge in [0.2, 0.25) is 0 Å². The normalized spacial score (nSPS) is 30.6. The highest BCUT2D eigenvalue weighted by atomic mass is 79.9. The fourth-order valence-corrected chi connectivity index (χ4v) is 3.59. The molecule has 2 nitrogen and oxygen atoms in total. The summed E-state index contributed by atoms with van der Waals surface area (Å²) in [5.41, 5.74) is 0.916. The zero-order chi connectivity index (χ0) is 15.0. The number of hydrogen-bond acceptors (Lipinski definition) is 2. The molecule has 21 heavy (non-hydrogen) atoms. The topological polar surface area (TPSA) is 15.3 Å². The van der Waals surface area contributed by atoms with Crippen LogP contribution in [0, 0.1) is 11.7 Å². The van der Waals surface area contributed by atoms with Gasteiger partial charge in [-0.15, -0.1) is 0 Å². The third-order valence-corrected chi connectivity index (χ3v) is 5.75. The molecule has 1 heterocycles. The summed E-state index contributed by atoms with van der Waals surface area (Å²) in [6.07, 6.45) is 3.78. The number of hydrogen-bond donors (Lipinski definition) is 1. The SMILES string of the molecule is CCC1(C)CNC(C2CC2)CN1Cc1ccc(Br)cc1F. The van der Waals surface area contributed by atoms with E-state index in [9.17, 15) is 4.39 Å². The first-order chi connectivity index (χ1) is 10.0. The van der Waals surface area contributed by atoms with Crippen LogP contribution in [0.1, 0.15) is 38.7 Å². The second-order valence-corrected chi connectivity index (χ2v) is 7.71. The second-order valence-electron chi connectivity index (χ2n) is 6.79. The van der Waals surface area contributed by atoms with Crippen LogP contribution in [0.3, 0.4) is 0 Å². The van der Waals surface area contributed by atoms with Crippen LogP contribution in [0.2, 0.25) is 0 Å². The van der Waals surface area contributed by atoms with Crippen molar-refractivity contribution < 1.29 is 4.39 Å². The maximum Gasteiger partial charge on any atom is 0.128 e. The number of halogens is 2. The van der Waals surface area contributed by atoms with E-state index in [4.69, 9.17) is 0 Å². The highest BCUT2D eigenvalue weighted by Gasteiger charge is 2.41. The molecule has 0 aromatic heterocycles. The van der Waals surface area contributed by atoms with E-state index in [-0.39, 0.29) is 11.4 Å². The third kappa shape index (κ3) is 3.33. The summed E-state index contributed by atoms with van der Waals surface area (Å²) < 4.78 is 15.0. The van der Waals surface area contributed by atoms with E-state index in [1.54, 1.807) is 6.07 Å². The average molecular weight is 355 g/mol. The van der Waals surface area contributed by atoms with Crippen LogP contribution in [0.5, 0.6) is 0 Å². The van der Waals surface area contributed by atoms with Gasteiger partial charge in [0.25, 0.3) is 0 Å². The van der Waals surface area contributed by atoms with Gasteiger partial charge in [0.05, 0.1) is 0 Å². The second kappa shape index (κ2) is 5.98. The van der Waals surface area contributed by atoms with E-state index in [0.717, 1.165) is 35.5 Å². The minimum atomic E-state index is -0.107. The summed E-state index contributed by atoms with van der Waals surface area (Å²) in [6.45, 7) is 7.26. The van der Waals surface area contributed by atoms with Gasteiger partial charge >= 0.3 is 0 Å². The zero-order valence-corrected chi connectivity index (χ0v) is 14.4. The maximum absolute atomic E-state index is 14.2. The van der Waals surface area contributed by atoms with Crippen LogP contribution in [0.4, 0.5) is 4.39 Å². The fourth-order valence-electron chi connectivity index (χ4n) is 3.26. The molecule has 3 rings (SSSR count). The smallest absolute Gasteiger partial charge is 0.128 e. The van der Waals surface area contributed by atoms with Crippen LogP contribution >= 0.6 is 15.9 Å². The Morgan fingerprint density at radius 1 is 1.43 bits per heavy atom. The molecule has 2 unspecified atom stereocenters. The molecule has 0 radical (unpaired) electrons. The van der Waals surface area contributed by atoms with E-state index in [0.29, 0.717) is 12.6 Å². The Hall–Kier alpha value is -0.450. The Morgan fingerprint density at radius 3 is 2.81 bits per heavy atom. The zero-order valence-electron chi connectivity index (χ0n) is 12.8. The number of rotatable bonds is 4. The van der Waals surface area contributed by atoms with Gasteiger partial charge in [-0.25, -0.2) is 4.39 Å². The van der Waals surface area contributed by atoms with Crippen molar-refractivity contribution in [3.8, 4) is 0 Å². The fraction of sp³-hybridized carbons (Fsp3) is 0.647. The van der Waals surface area contributed by atoms with Gasteiger partial charge in [0, 0.05) is 41.3 Å². The Morgan fingerprint density at radius 2 is 2.19 bits per heavy atom. The Kier molecular flexibility index (Phi) is 4.40. The van der Waals surface area contributed by atoms with E-state index >= 15 is 0 Å². The molecule has 2 aliphatic rings. The van der Waals surface area contributed by atoms with Crippen LogP contribution in [-0.2, 0) is 6.54 Å². The van der Waals surface area contributed by atoms with Gasteiger partial charge in [-0.05, 0) is 44.2 Å². The average Bonchev–Trinajstić information content (AvgIpc) is 3.28. The van der Waals surface area contributed by atoms with Crippen molar-refractivity contribution in [2.75, 3.05) is 13.1 Å². The van der Waals surface area contributed by atoms with Crippen molar-refractivity contribution in [1.82, 2.24) is 10.2 Å². The summed E-state index contributed by atoms with van der Waals surface area (Å²) in [5, 5.41) is 3.72. The Balaban J connectivity index is 1.78. The van der Waals surface area contributed by atoms with Gasteiger partial charge in [-0.3, -0.25) is 4.90 Å². The number of piperazine rings is 1. The standard InChI is InChI=1S/C17H24BrFN2/c1-3-17(2)11-20-16(12-4-5-12)10-21(17)9-13-6-7-14(18)8-15(13)19/h6-8,12,16,20H,3-5,9-11H2,1-2H3. The molecular weight excluding hydrogens is 331 g/mol. The van der Waals surface area contributed by atoms with Crippen molar-refractivity contribution >= 4 is 15.9 Å². The molecule has 0 spiro atoms. The molecule has 1 aliphatic heterocycles. The number of benzene rings is 1. The molecule has 2 fully saturated rings. The largest absolute Gasteiger partial charge is 0.311 e. The molecule has 1 saturated carbocycles. The molecule has 4 heteroatoms. The third-order valence-electron chi connectivity index (χ3n) is 5.25. The van der Waals surface area contributed by atoms with E-state index in [1.807, 2.05) is 12.1 Å². The molecular formula is C17H24BrFN2. The minimum absolute atomic E-state index is 0.107. The van der Waals surface area contributed by atoms with Crippen molar-refractivity contribution in [2.45, 2.75) is 51.2 Å². The number of nitrogens with one attached hydrogen (secondary N) is 1. The Labute approximate surface area is 135 Å². The molecule has 0 bridgehead atoms. The Bertz CT molecular complexity index is 518. The predicted octanol–water partition coefficient (Wildman–Crippen LogP) is 3.94. The molecule has 1 aromatic rings. The van der Waals surface area contributed by atoms with Crippen molar-refractivity contribution in [3.05, 3.63) is 34.1 Å². The quantitative estimate of drug-likeness (QED) is 0.880. The minimum Gasteiger partial charge on any atom is -0.311 e.